The van der Waals surface area contributed by atoms with E-state index in [1.54, 1.807) is 0 Å². The second-order valence-electron chi connectivity index (χ2n) is 3.46. The molecule has 6 heteroatoms. The maximum atomic E-state index is 12.8. The summed E-state index contributed by atoms with van der Waals surface area (Å²) >= 11 is 0. The molecule has 1 heterocycles. The first-order chi connectivity index (χ1) is 5.99. The zero-order valence-electron chi connectivity index (χ0n) is 6.64. The Morgan fingerprint density at radius 3 is 1.85 bits per heavy atom. The maximum absolute atomic E-state index is 12.8. The molecule has 0 spiro atoms. The highest BCUT2D eigenvalue weighted by molar-refractivity contribution is 5.93. The molecule has 1 saturated carbocycles. The number of carbonyl (C=O) groups is 2. The molecule has 2 unspecified atom stereocenters. The first kappa shape index (κ1) is 8.40. The van der Waals surface area contributed by atoms with Gasteiger partial charge in [-0.3, -0.25) is 20.4 Å². The van der Waals surface area contributed by atoms with Crippen LogP contribution >= 0.6 is 0 Å². The number of hydrogen-bond acceptors (Lipinski definition) is 2. The van der Waals surface area contributed by atoms with Gasteiger partial charge in [-0.25, -0.2) is 8.78 Å². The fraction of sp³-hybridized carbons (Fsp3) is 0.714. The fourth-order valence-corrected chi connectivity index (χ4v) is 1.87. The van der Waals surface area contributed by atoms with E-state index in [9.17, 15) is 18.4 Å². The van der Waals surface area contributed by atoms with Gasteiger partial charge in [0.15, 0.2) is 0 Å². The molecule has 0 bridgehead atoms. The number of hydrogen-bond donors (Lipinski definition) is 2. The van der Waals surface area contributed by atoms with Crippen molar-refractivity contribution in [3.05, 3.63) is 0 Å². The van der Waals surface area contributed by atoms with Crippen LogP contribution < -0.4 is 10.9 Å². The Balaban J connectivity index is 2.24. The molecule has 0 radical (unpaired) electrons. The van der Waals surface area contributed by atoms with Crippen LogP contribution in [0.15, 0.2) is 0 Å². The predicted molar refractivity (Wildman–Crippen MR) is 37.4 cm³/mol. The molecule has 2 amide bonds. The molecule has 1 aliphatic heterocycles. The average molecular weight is 190 g/mol. The van der Waals surface area contributed by atoms with Crippen LogP contribution in [-0.4, -0.2) is 17.7 Å². The van der Waals surface area contributed by atoms with Gasteiger partial charge in [-0.1, -0.05) is 0 Å². The number of rotatable bonds is 0. The molecule has 72 valence electrons. The van der Waals surface area contributed by atoms with E-state index >= 15 is 0 Å². The Hall–Kier alpha value is -1.20. The van der Waals surface area contributed by atoms with E-state index < -0.39 is 42.4 Å². The van der Waals surface area contributed by atoms with Crippen molar-refractivity contribution in [2.45, 2.75) is 18.8 Å². The smallest absolute Gasteiger partial charge is 0.249 e. The summed E-state index contributed by atoms with van der Waals surface area (Å²) in [6.45, 7) is 0. The van der Waals surface area contributed by atoms with E-state index in [4.69, 9.17) is 0 Å². The van der Waals surface area contributed by atoms with E-state index in [0.717, 1.165) is 0 Å². The normalized spacial score (nSPS) is 36.5. The third-order valence-electron chi connectivity index (χ3n) is 2.51. The second kappa shape index (κ2) is 2.40. The van der Waals surface area contributed by atoms with Gasteiger partial charge in [-0.2, -0.15) is 0 Å². The molecule has 2 aliphatic rings. The summed E-state index contributed by atoms with van der Waals surface area (Å²) in [5, 5.41) is 0. The highest BCUT2D eigenvalue weighted by Gasteiger charge is 2.53. The Kier molecular flexibility index (Phi) is 1.55. The topological polar surface area (TPSA) is 58.2 Å². The van der Waals surface area contributed by atoms with Crippen LogP contribution in [0.1, 0.15) is 12.8 Å². The number of fused-ring (bicyclic) bond motifs is 1. The molecule has 0 aromatic heterocycles. The predicted octanol–water partition coefficient (Wildman–Crippen LogP) is -0.191. The SMILES string of the molecule is O=C1NNC(=O)C2CC(F)(F)CC12. The van der Waals surface area contributed by atoms with Crippen molar-refractivity contribution in [1.82, 2.24) is 10.9 Å². The van der Waals surface area contributed by atoms with Crippen molar-refractivity contribution in [3.8, 4) is 0 Å². The number of hydrazine groups is 1. The van der Waals surface area contributed by atoms with Gasteiger partial charge in [-0.15, -0.1) is 0 Å². The molecule has 2 N–H and O–H groups in total. The summed E-state index contributed by atoms with van der Waals surface area (Å²) in [6, 6.07) is 0. The minimum atomic E-state index is -2.88. The van der Waals surface area contributed by atoms with Crippen molar-refractivity contribution in [3.63, 3.8) is 0 Å². The Labute approximate surface area is 72.6 Å². The molecule has 13 heavy (non-hydrogen) atoms. The van der Waals surface area contributed by atoms with Crippen molar-refractivity contribution in [1.29, 1.82) is 0 Å². The minimum absolute atomic E-state index is 0.512. The molecule has 2 fully saturated rings. The lowest BCUT2D eigenvalue weighted by Gasteiger charge is -2.23. The lowest BCUT2D eigenvalue weighted by Crippen LogP contribution is -2.54. The number of halogens is 2. The van der Waals surface area contributed by atoms with Gasteiger partial charge in [0.05, 0.1) is 11.8 Å². The van der Waals surface area contributed by atoms with E-state index in [0.29, 0.717) is 0 Å². The van der Waals surface area contributed by atoms with Gasteiger partial charge >= 0.3 is 0 Å². The largest absolute Gasteiger partial charge is 0.273 e. The van der Waals surface area contributed by atoms with Crippen LogP contribution in [0.4, 0.5) is 8.78 Å². The zero-order valence-corrected chi connectivity index (χ0v) is 6.64. The van der Waals surface area contributed by atoms with Crippen molar-refractivity contribution >= 4 is 11.8 Å². The third kappa shape index (κ3) is 1.26. The Morgan fingerprint density at radius 2 is 1.46 bits per heavy atom. The zero-order chi connectivity index (χ0) is 9.64. The first-order valence-corrected chi connectivity index (χ1v) is 3.97. The summed E-state index contributed by atoms with van der Waals surface area (Å²) in [5.41, 5.74) is 4.14. The van der Waals surface area contributed by atoms with Crippen LogP contribution in [0.3, 0.4) is 0 Å². The van der Waals surface area contributed by atoms with Gasteiger partial charge in [0.1, 0.15) is 0 Å². The lowest BCUT2D eigenvalue weighted by molar-refractivity contribution is -0.141. The van der Waals surface area contributed by atoms with E-state index in [2.05, 4.69) is 10.9 Å². The molecule has 2 rings (SSSR count). The van der Waals surface area contributed by atoms with Crippen LogP contribution in [0, 0.1) is 11.8 Å². The summed E-state index contributed by atoms with van der Waals surface area (Å²) in [5.74, 6) is -5.62. The molecule has 4 nitrogen and oxygen atoms in total. The highest BCUT2D eigenvalue weighted by Crippen LogP contribution is 2.44. The van der Waals surface area contributed by atoms with Crippen LogP contribution in [0.25, 0.3) is 0 Å². The van der Waals surface area contributed by atoms with Gasteiger partial charge in [0.2, 0.25) is 17.7 Å². The summed E-state index contributed by atoms with van der Waals surface area (Å²) < 4.78 is 25.7. The number of alkyl halides is 2. The van der Waals surface area contributed by atoms with Gasteiger partial charge < -0.3 is 0 Å². The molecule has 0 aromatic rings. The molecule has 1 aliphatic carbocycles. The molecule has 0 aromatic carbocycles. The van der Waals surface area contributed by atoms with E-state index in [1.807, 2.05) is 0 Å². The standard InChI is InChI=1S/C7H8F2N2O2/c8-7(9)1-3-4(2-7)6(13)11-10-5(3)12/h3-4H,1-2H2,(H,10,12)(H,11,13). The Morgan fingerprint density at radius 1 is 1.08 bits per heavy atom. The van der Waals surface area contributed by atoms with Crippen molar-refractivity contribution in [2.75, 3.05) is 0 Å². The van der Waals surface area contributed by atoms with Crippen LogP contribution in [0.2, 0.25) is 0 Å². The minimum Gasteiger partial charge on any atom is -0.273 e. The van der Waals surface area contributed by atoms with Crippen LogP contribution in [-0.2, 0) is 9.59 Å². The number of nitrogens with one attached hydrogen (secondary N) is 2. The average Bonchev–Trinajstić information content (AvgIpc) is 2.35. The summed E-state index contributed by atoms with van der Waals surface area (Å²) in [4.78, 5) is 22.1. The molecule has 1 saturated heterocycles. The second-order valence-corrected chi connectivity index (χ2v) is 3.46. The third-order valence-corrected chi connectivity index (χ3v) is 2.51. The van der Waals surface area contributed by atoms with Crippen molar-refractivity contribution in [2.24, 2.45) is 11.8 Å². The van der Waals surface area contributed by atoms with Gasteiger partial charge in [0, 0.05) is 12.8 Å². The highest BCUT2D eigenvalue weighted by atomic mass is 19.3. The van der Waals surface area contributed by atoms with Gasteiger partial charge in [-0.05, 0) is 0 Å². The lowest BCUT2D eigenvalue weighted by atomic mass is 9.93. The van der Waals surface area contributed by atoms with E-state index in [1.165, 1.54) is 0 Å². The van der Waals surface area contributed by atoms with Crippen molar-refractivity contribution < 1.29 is 18.4 Å². The van der Waals surface area contributed by atoms with Crippen LogP contribution in [0.5, 0.6) is 0 Å². The molecular weight excluding hydrogens is 182 g/mol. The quantitative estimate of drug-likeness (QED) is 0.556. The molecule has 2 atom stereocenters. The Bertz CT molecular complexity index is 254. The fourth-order valence-electron chi connectivity index (χ4n) is 1.87. The maximum Gasteiger partial charge on any atom is 0.249 e. The van der Waals surface area contributed by atoms with E-state index in [-0.39, 0.29) is 0 Å². The molecular formula is C7H8F2N2O2. The number of carbonyl (C=O) groups excluding carboxylic acids is 2. The monoisotopic (exact) mass is 190 g/mol. The van der Waals surface area contributed by atoms with Gasteiger partial charge in [0.25, 0.3) is 0 Å². The summed E-state index contributed by atoms with van der Waals surface area (Å²) in [6.07, 6.45) is -1.03. The first-order valence-electron chi connectivity index (χ1n) is 3.97. The summed E-state index contributed by atoms with van der Waals surface area (Å²) in [7, 11) is 0. The number of amides is 2.